The number of aliphatic hydroxyl groups is 1. The summed E-state index contributed by atoms with van der Waals surface area (Å²) in [4.78, 5) is 11.5. The van der Waals surface area contributed by atoms with Gasteiger partial charge in [-0.25, -0.2) is 4.98 Å². The van der Waals surface area contributed by atoms with Gasteiger partial charge in [-0.15, -0.1) is 11.3 Å². The standard InChI is InChI=1S/C12H16ClN3OS/c1-16(6-3-2-4-7-17)10-9-5-8-18-11(9)15-12(13)14-10/h5,8,17H,2-4,6-7H2,1H3. The first-order valence-corrected chi connectivity index (χ1v) is 7.21. The van der Waals surface area contributed by atoms with Crippen molar-refractivity contribution in [3.8, 4) is 0 Å². The maximum atomic E-state index is 8.75. The SMILES string of the molecule is CN(CCCCCO)c1nc(Cl)nc2sccc12. The second-order valence-electron chi connectivity index (χ2n) is 4.16. The first-order valence-electron chi connectivity index (χ1n) is 5.95. The summed E-state index contributed by atoms with van der Waals surface area (Å²) in [7, 11) is 2.01. The number of hydrogen-bond donors (Lipinski definition) is 1. The molecule has 18 heavy (non-hydrogen) atoms. The van der Waals surface area contributed by atoms with Gasteiger partial charge in [0.2, 0.25) is 5.28 Å². The quantitative estimate of drug-likeness (QED) is 0.655. The Labute approximate surface area is 115 Å². The van der Waals surface area contributed by atoms with Crippen molar-refractivity contribution in [3.63, 3.8) is 0 Å². The Kier molecular flexibility index (Phi) is 4.74. The van der Waals surface area contributed by atoms with Crippen molar-refractivity contribution in [2.24, 2.45) is 0 Å². The van der Waals surface area contributed by atoms with Gasteiger partial charge in [0.25, 0.3) is 0 Å². The van der Waals surface area contributed by atoms with Gasteiger partial charge in [0.05, 0.1) is 5.39 Å². The number of rotatable bonds is 6. The van der Waals surface area contributed by atoms with Gasteiger partial charge in [-0.05, 0) is 42.3 Å². The molecule has 0 amide bonds. The third-order valence-electron chi connectivity index (χ3n) is 2.79. The van der Waals surface area contributed by atoms with Crippen molar-refractivity contribution >= 4 is 39.0 Å². The fourth-order valence-corrected chi connectivity index (χ4v) is 2.82. The van der Waals surface area contributed by atoms with Crippen molar-refractivity contribution in [2.75, 3.05) is 25.1 Å². The highest BCUT2D eigenvalue weighted by molar-refractivity contribution is 7.16. The molecule has 4 nitrogen and oxygen atoms in total. The third kappa shape index (κ3) is 3.10. The molecule has 0 aromatic carbocycles. The van der Waals surface area contributed by atoms with Gasteiger partial charge in [0.15, 0.2) is 0 Å². The summed E-state index contributed by atoms with van der Waals surface area (Å²) < 4.78 is 0. The molecular weight excluding hydrogens is 270 g/mol. The van der Waals surface area contributed by atoms with E-state index in [0.29, 0.717) is 5.28 Å². The van der Waals surface area contributed by atoms with E-state index in [1.165, 1.54) is 0 Å². The number of thiophene rings is 1. The van der Waals surface area contributed by atoms with Crippen molar-refractivity contribution in [1.82, 2.24) is 9.97 Å². The molecule has 0 aliphatic carbocycles. The van der Waals surface area contributed by atoms with E-state index in [4.69, 9.17) is 16.7 Å². The smallest absolute Gasteiger partial charge is 0.225 e. The number of nitrogens with zero attached hydrogens (tertiary/aromatic N) is 3. The highest BCUT2D eigenvalue weighted by atomic mass is 35.5. The van der Waals surface area contributed by atoms with Crippen LogP contribution in [-0.2, 0) is 0 Å². The summed E-state index contributed by atoms with van der Waals surface area (Å²) in [5.41, 5.74) is 0. The molecule has 2 aromatic heterocycles. The number of anilines is 1. The van der Waals surface area contributed by atoms with Crippen LogP contribution in [0.1, 0.15) is 19.3 Å². The van der Waals surface area contributed by atoms with Gasteiger partial charge in [0.1, 0.15) is 10.6 Å². The first-order chi connectivity index (χ1) is 8.72. The van der Waals surface area contributed by atoms with E-state index in [-0.39, 0.29) is 6.61 Å². The monoisotopic (exact) mass is 285 g/mol. The van der Waals surface area contributed by atoms with E-state index in [9.17, 15) is 0 Å². The fourth-order valence-electron chi connectivity index (χ4n) is 1.85. The summed E-state index contributed by atoms with van der Waals surface area (Å²) in [5.74, 6) is 0.884. The number of fused-ring (bicyclic) bond motifs is 1. The van der Waals surface area contributed by atoms with Crippen LogP contribution in [0.15, 0.2) is 11.4 Å². The van der Waals surface area contributed by atoms with E-state index in [2.05, 4.69) is 14.9 Å². The average molecular weight is 286 g/mol. The number of unbranched alkanes of at least 4 members (excludes halogenated alkanes) is 2. The molecule has 98 valence electrons. The molecule has 2 heterocycles. The van der Waals surface area contributed by atoms with Crippen LogP contribution in [-0.4, -0.2) is 35.3 Å². The number of halogens is 1. The lowest BCUT2D eigenvalue weighted by atomic mass is 10.2. The Balaban J connectivity index is 2.11. The van der Waals surface area contributed by atoms with E-state index >= 15 is 0 Å². The average Bonchev–Trinajstić information content (AvgIpc) is 2.81. The van der Waals surface area contributed by atoms with Gasteiger partial charge in [-0.1, -0.05) is 0 Å². The zero-order valence-corrected chi connectivity index (χ0v) is 11.8. The lowest BCUT2D eigenvalue weighted by molar-refractivity contribution is 0.283. The lowest BCUT2D eigenvalue weighted by Gasteiger charge is -2.18. The minimum atomic E-state index is 0.262. The normalized spacial score (nSPS) is 11.1. The fraction of sp³-hybridized carbons (Fsp3) is 0.500. The molecule has 0 radical (unpaired) electrons. The number of hydrogen-bond acceptors (Lipinski definition) is 5. The molecule has 0 aliphatic heterocycles. The predicted molar refractivity (Wildman–Crippen MR) is 76.6 cm³/mol. The number of aliphatic hydroxyl groups excluding tert-OH is 1. The largest absolute Gasteiger partial charge is 0.396 e. The Morgan fingerprint density at radius 3 is 2.94 bits per heavy atom. The van der Waals surface area contributed by atoms with E-state index in [0.717, 1.165) is 41.8 Å². The number of aromatic nitrogens is 2. The molecular formula is C12H16ClN3OS. The summed E-state index contributed by atoms with van der Waals surface area (Å²) in [6, 6.07) is 2.02. The van der Waals surface area contributed by atoms with Crippen LogP contribution in [0.25, 0.3) is 10.2 Å². The third-order valence-corrected chi connectivity index (χ3v) is 3.77. The van der Waals surface area contributed by atoms with Gasteiger partial charge in [0, 0.05) is 20.2 Å². The minimum absolute atomic E-state index is 0.262. The Hall–Kier alpha value is -0.910. The molecule has 2 aromatic rings. The Morgan fingerprint density at radius 1 is 1.33 bits per heavy atom. The van der Waals surface area contributed by atoms with E-state index in [1.54, 1.807) is 11.3 Å². The van der Waals surface area contributed by atoms with Crippen LogP contribution in [0, 0.1) is 0 Å². The van der Waals surface area contributed by atoms with Crippen LogP contribution in [0.3, 0.4) is 0 Å². The second-order valence-corrected chi connectivity index (χ2v) is 5.39. The van der Waals surface area contributed by atoms with Gasteiger partial charge in [-0.2, -0.15) is 4.98 Å². The van der Waals surface area contributed by atoms with Gasteiger partial charge in [-0.3, -0.25) is 0 Å². The minimum Gasteiger partial charge on any atom is -0.396 e. The molecule has 0 saturated heterocycles. The summed E-state index contributed by atoms with van der Waals surface area (Å²) in [5, 5.41) is 12.1. The van der Waals surface area contributed by atoms with E-state index < -0.39 is 0 Å². The molecule has 1 N–H and O–H groups in total. The van der Waals surface area contributed by atoms with Crippen LogP contribution in [0.2, 0.25) is 5.28 Å². The zero-order valence-electron chi connectivity index (χ0n) is 10.3. The maximum Gasteiger partial charge on any atom is 0.225 e. The predicted octanol–water partition coefficient (Wildman–Crippen LogP) is 2.94. The molecule has 0 spiro atoms. The molecule has 0 fully saturated rings. The topological polar surface area (TPSA) is 49.2 Å². The van der Waals surface area contributed by atoms with Crippen LogP contribution in [0.4, 0.5) is 5.82 Å². The molecule has 0 unspecified atom stereocenters. The summed E-state index contributed by atoms with van der Waals surface area (Å²) >= 11 is 7.50. The molecule has 0 aliphatic rings. The van der Waals surface area contributed by atoms with Gasteiger partial charge >= 0.3 is 0 Å². The van der Waals surface area contributed by atoms with Gasteiger partial charge < -0.3 is 10.0 Å². The highest BCUT2D eigenvalue weighted by Gasteiger charge is 2.11. The first kappa shape index (κ1) is 13.5. The molecule has 0 saturated carbocycles. The van der Waals surface area contributed by atoms with Crippen molar-refractivity contribution in [1.29, 1.82) is 0 Å². The van der Waals surface area contributed by atoms with Crippen LogP contribution in [0.5, 0.6) is 0 Å². The molecule has 0 atom stereocenters. The maximum absolute atomic E-state index is 8.75. The summed E-state index contributed by atoms with van der Waals surface area (Å²) in [6.07, 6.45) is 2.91. The van der Waals surface area contributed by atoms with Crippen molar-refractivity contribution < 1.29 is 5.11 Å². The Morgan fingerprint density at radius 2 is 2.17 bits per heavy atom. The van der Waals surface area contributed by atoms with Crippen molar-refractivity contribution in [3.05, 3.63) is 16.7 Å². The van der Waals surface area contributed by atoms with Crippen LogP contribution >= 0.6 is 22.9 Å². The summed E-state index contributed by atoms with van der Waals surface area (Å²) in [6.45, 7) is 1.16. The molecule has 6 heteroatoms. The molecule has 2 rings (SSSR count). The molecule has 0 bridgehead atoms. The lowest BCUT2D eigenvalue weighted by Crippen LogP contribution is -2.20. The highest BCUT2D eigenvalue weighted by Crippen LogP contribution is 2.28. The zero-order chi connectivity index (χ0) is 13.0. The Bertz CT molecular complexity index is 517. The van der Waals surface area contributed by atoms with Crippen LogP contribution < -0.4 is 4.90 Å². The second kappa shape index (κ2) is 6.31. The van der Waals surface area contributed by atoms with E-state index in [1.807, 2.05) is 18.5 Å². The van der Waals surface area contributed by atoms with Crippen molar-refractivity contribution in [2.45, 2.75) is 19.3 Å².